The molecule has 0 aromatic heterocycles. The SMILES string of the molecule is CC(=O)O[C@@H]1CC[C@]2(C)[C@H]3CC=C4[C@H]5[C@@H](C)[C@H](C)CC[C@]5(C)CC[C@@]4(C)[C@]3(C)CC[C@@H]2[C@@]1(C)C(=O)O. The highest BCUT2D eigenvalue weighted by Gasteiger charge is 2.70. The molecule has 202 valence electrons. The van der Waals surface area contributed by atoms with Crippen molar-refractivity contribution in [2.24, 2.45) is 56.7 Å². The number of carboxylic acids is 1. The van der Waals surface area contributed by atoms with Crippen molar-refractivity contribution in [3.63, 3.8) is 0 Å². The van der Waals surface area contributed by atoms with E-state index in [1.165, 1.54) is 32.6 Å². The predicted octanol–water partition coefficient (Wildman–Crippen LogP) is 7.66. The third-order valence-corrected chi connectivity index (χ3v) is 13.8. The Morgan fingerprint density at radius 3 is 2.25 bits per heavy atom. The summed E-state index contributed by atoms with van der Waals surface area (Å²) in [5, 5.41) is 10.5. The van der Waals surface area contributed by atoms with Crippen LogP contribution >= 0.6 is 0 Å². The van der Waals surface area contributed by atoms with Gasteiger partial charge in [0.25, 0.3) is 0 Å². The van der Waals surface area contributed by atoms with E-state index in [2.05, 4.69) is 47.6 Å². The maximum Gasteiger partial charge on any atom is 0.313 e. The van der Waals surface area contributed by atoms with Gasteiger partial charge in [-0.15, -0.1) is 0 Å². The molecule has 5 aliphatic rings. The molecule has 0 aliphatic heterocycles. The summed E-state index contributed by atoms with van der Waals surface area (Å²) < 4.78 is 5.69. The molecule has 0 aromatic carbocycles. The highest BCUT2D eigenvalue weighted by Crippen LogP contribution is 2.75. The van der Waals surface area contributed by atoms with Crippen LogP contribution in [0.3, 0.4) is 0 Å². The van der Waals surface area contributed by atoms with Gasteiger partial charge in [-0.25, -0.2) is 0 Å². The second kappa shape index (κ2) is 8.09. The fraction of sp³-hybridized carbons (Fsp3) is 0.875. The van der Waals surface area contributed by atoms with Gasteiger partial charge in [-0.2, -0.15) is 0 Å². The minimum Gasteiger partial charge on any atom is -0.481 e. The Bertz CT molecular complexity index is 985. The van der Waals surface area contributed by atoms with E-state index in [-0.39, 0.29) is 28.1 Å². The molecule has 0 radical (unpaired) electrons. The fourth-order valence-corrected chi connectivity index (χ4v) is 11.2. The smallest absolute Gasteiger partial charge is 0.313 e. The summed E-state index contributed by atoms with van der Waals surface area (Å²) in [5.74, 6) is 1.47. The van der Waals surface area contributed by atoms with Crippen molar-refractivity contribution in [3.8, 4) is 0 Å². The van der Waals surface area contributed by atoms with Crippen LogP contribution in [0.4, 0.5) is 0 Å². The van der Waals surface area contributed by atoms with Crippen molar-refractivity contribution in [1.29, 1.82) is 0 Å². The Morgan fingerprint density at radius 1 is 0.917 bits per heavy atom. The Morgan fingerprint density at radius 2 is 1.61 bits per heavy atom. The van der Waals surface area contributed by atoms with Crippen LogP contribution in [0.2, 0.25) is 0 Å². The minimum atomic E-state index is -1.04. The lowest BCUT2D eigenvalue weighted by atomic mass is 9.33. The molecule has 4 fully saturated rings. The van der Waals surface area contributed by atoms with E-state index < -0.39 is 17.5 Å². The number of fused-ring (bicyclic) bond motifs is 7. The minimum absolute atomic E-state index is 0.0136. The molecule has 0 saturated heterocycles. The van der Waals surface area contributed by atoms with Crippen molar-refractivity contribution in [2.45, 2.75) is 119 Å². The molecule has 4 nitrogen and oxygen atoms in total. The Hall–Kier alpha value is -1.32. The lowest BCUT2D eigenvalue weighted by Crippen LogP contribution is -2.66. The third-order valence-electron chi connectivity index (χ3n) is 13.8. The zero-order valence-electron chi connectivity index (χ0n) is 24.1. The third kappa shape index (κ3) is 3.17. The van der Waals surface area contributed by atoms with Crippen molar-refractivity contribution in [3.05, 3.63) is 11.6 Å². The lowest BCUT2D eigenvalue weighted by molar-refractivity contribution is -0.223. The molecule has 0 spiro atoms. The molecule has 1 N–H and O–H groups in total. The van der Waals surface area contributed by atoms with Gasteiger partial charge in [-0.05, 0) is 116 Å². The number of allylic oxidation sites excluding steroid dienone is 2. The molecule has 4 heteroatoms. The van der Waals surface area contributed by atoms with Gasteiger partial charge in [0, 0.05) is 6.92 Å². The van der Waals surface area contributed by atoms with E-state index in [4.69, 9.17) is 4.74 Å². The summed E-state index contributed by atoms with van der Waals surface area (Å²) in [6.45, 7) is 18.4. The number of esters is 1. The summed E-state index contributed by atoms with van der Waals surface area (Å²) in [4.78, 5) is 24.8. The van der Waals surface area contributed by atoms with Crippen LogP contribution in [-0.4, -0.2) is 23.1 Å². The maximum absolute atomic E-state index is 12.9. The summed E-state index contributed by atoms with van der Waals surface area (Å²) in [6.07, 6.45) is 12.0. The van der Waals surface area contributed by atoms with Crippen LogP contribution in [0.5, 0.6) is 0 Å². The first-order valence-corrected chi connectivity index (χ1v) is 14.8. The zero-order valence-corrected chi connectivity index (χ0v) is 24.1. The highest BCUT2D eigenvalue weighted by atomic mass is 16.5. The number of ether oxygens (including phenoxy) is 1. The topological polar surface area (TPSA) is 63.6 Å². The maximum atomic E-state index is 12.9. The van der Waals surface area contributed by atoms with E-state index in [0.717, 1.165) is 37.5 Å². The molecule has 5 rings (SSSR count). The molecule has 0 unspecified atom stereocenters. The van der Waals surface area contributed by atoms with Gasteiger partial charge in [0.1, 0.15) is 11.5 Å². The second-order valence-electron chi connectivity index (χ2n) is 15.0. The fourth-order valence-electron chi connectivity index (χ4n) is 11.2. The van der Waals surface area contributed by atoms with Crippen LogP contribution in [-0.2, 0) is 14.3 Å². The molecule has 0 aromatic rings. The van der Waals surface area contributed by atoms with E-state index in [1.54, 1.807) is 5.57 Å². The monoisotopic (exact) mass is 498 g/mol. The number of carbonyl (C=O) groups is 2. The Kier molecular flexibility index (Phi) is 5.91. The molecular formula is C32H50O4. The standard InChI is InChI=1S/C32H50O4/c1-19-11-14-28(4)17-18-30(6)22(26(28)20(19)2)9-10-23-29(5)15-13-25(36-21(3)33)32(8,27(34)35)24(29)12-16-31(23,30)7/h9,19-20,23-26H,10-18H2,1-8H3,(H,34,35)/t19-,20+,23-,24+,25-,26-,28-,29-,30-,31-,32-/m1/s1. The summed E-state index contributed by atoms with van der Waals surface area (Å²) in [7, 11) is 0. The van der Waals surface area contributed by atoms with E-state index in [0.29, 0.717) is 23.7 Å². The Labute approximate surface area is 219 Å². The second-order valence-corrected chi connectivity index (χ2v) is 15.0. The van der Waals surface area contributed by atoms with Gasteiger partial charge < -0.3 is 9.84 Å². The molecule has 0 heterocycles. The van der Waals surface area contributed by atoms with Crippen LogP contribution in [0.25, 0.3) is 0 Å². The quantitative estimate of drug-likeness (QED) is 0.313. The molecule has 36 heavy (non-hydrogen) atoms. The molecule has 0 amide bonds. The average molecular weight is 499 g/mol. The molecule has 11 atom stereocenters. The first-order valence-electron chi connectivity index (χ1n) is 14.8. The van der Waals surface area contributed by atoms with Crippen molar-refractivity contribution < 1.29 is 19.4 Å². The number of rotatable bonds is 2. The summed E-state index contributed by atoms with van der Waals surface area (Å²) in [6, 6.07) is 0. The number of aliphatic carboxylic acids is 1. The molecule has 0 bridgehead atoms. The van der Waals surface area contributed by atoms with Crippen molar-refractivity contribution >= 4 is 11.9 Å². The average Bonchev–Trinajstić information content (AvgIpc) is 2.79. The van der Waals surface area contributed by atoms with Crippen molar-refractivity contribution in [2.75, 3.05) is 0 Å². The molecular weight excluding hydrogens is 448 g/mol. The van der Waals surface area contributed by atoms with Gasteiger partial charge in [0.15, 0.2) is 0 Å². The number of carbonyl (C=O) groups excluding carboxylic acids is 1. The first-order chi connectivity index (χ1) is 16.6. The lowest BCUT2D eigenvalue weighted by Gasteiger charge is -2.71. The van der Waals surface area contributed by atoms with Crippen LogP contribution < -0.4 is 0 Å². The summed E-state index contributed by atoms with van der Waals surface area (Å²) >= 11 is 0. The van der Waals surface area contributed by atoms with Crippen LogP contribution in [0.15, 0.2) is 11.6 Å². The zero-order chi connectivity index (χ0) is 26.5. The van der Waals surface area contributed by atoms with Gasteiger partial charge in [-0.1, -0.05) is 53.2 Å². The van der Waals surface area contributed by atoms with Crippen LogP contribution in [0, 0.1) is 56.7 Å². The molecule has 5 aliphatic carbocycles. The van der Waals surface area contributed by atoms with Crippen molar-refractivity contribution in [1.82, 2.24) is 0 Å². The van der Waals surface area contributed by atoms with Gasteiger partial charge in [0.2, 0.25) is 0 Å². The van der Waals surface area contributed by atoms with Gasteiger partial charge >= 0.3 is 11.9 Å². The highest BCUT2D eigenvalue weighted by molar-refractivity contribution is 5.77. The normalized spacial score (nSPS) is 54.2. The molecule has 4 saturated carbocycles. The largest absolute Gasteiger partial charge is 0.481 e. The predicted molar refractivity (Wildman–Crippen MR) is 142 cm³/mol. The summed E-state index contributed by atoms with van der Waals surface area (Å²) in [5.41, 5.74) is 1.40. The number of carboxylic acid groups (broad SMARTS) is 1. The van der Waals surface area contributed by atoms with Gasteiger partial charge in [-0.3, -0.25) is 9.59 Å². The number of hydrogen-bond donors (Lipinski definition) is 1. The van der Waals surface area contributed by atoms with Gasteiger partial charge in [0.05, 0.1) is 0 Å². The van der Waals surface area contributed by atoms with E-state index in [1.807, 2.05) is 6.92 Å². The van der Waals surface area contributed by atoms with E-state index in [9.17, 15) is 14.7 Å². The first kappa shape index (κ1) is 26.3. The Balaban J connectivity index is 1.57. The van der Waals surface area contributed by atoms with E-state index >= 15 is 0 Å². The number of hydrogen-bond acceptors (Lipinski definition) is 3. The van der Waals surface area contributed by atoms with Crippen LogP contribution in [0.1, 0.15) is 113 Å².